The van der Waals surface area contributed by atoms with E-state index in [1.54, 1.807) is 4.90 Å². The van der Waals surface area contributed by atoms with E-state index in [9.17, 15) is 0 Å². The van der Waals surface area contributed by atoms with Gasteiger partial charge in [-0.2, -0.15) is 0 Å². The van der Waals surface area contributed by atoms with Gasteiger partial charge in [-0.3, -0.25) is 0 Å². The van der Waals surface area contributed by atoms with Gasteiger partial charge in [0.15, 0.2) is 0 Å². The first-order valence-electron chi connectivity index (χ1n) is 1.51. The molecule has 0 rings (SSSR count). The second-order valence-electron chi connectivity index (χ2n) is 1.15. The van der Waals surface area contributed by atoms with Crippen molar-refractivity contribution in [3.8, 4) is 0 Å². The van der Waals surface area contributed by atoms with Crippen LogP contribution in [-0.2, 0) is 0 Å². The van der Waals surface area contributed by atoms with E-state index in [1.165, 1.54) is 0 Å². The molecule has 0 atom stereocenters. The van der Waals surface area contributed by atoms with Crippen LogP contribution in [0.4, 0.5) is 0 Å². The fourth-order valence-corrected chi connectivity index (χ4v) is 0. The molecule has 0 heterocycles. The molecule has 0 fully saturated rings. The van der Waals surface area contributed by atoms with E-state index in [0.29, 0.717) is 4.00 Å². The average molecular weight is 171 g/mol. The molecule has 0 radical (unpaired) electrons. The molecule has 0 spiro atoms. The van der Waals surface area contributed by atoms with Crippen molar-refractivity contribution in [1.82, 2.24) is 4.90 Å². The Labute approximate surface area is 50.6 Å². The molecule has 0 aliphatic heterocycles. The standard InChI is InChI=1S/C3H6ClNSe/c1-5(2)3(4)6/h1-2H3. The third-order valence-corrected chi connectivity index (χ3v) is 1.46. The normalized spacial score (nSPS) is 7.83. The number of hydrogen-bond donors (Lipinski definition) is 0. The third-order valence-electron chi connectivity index (χ3n) is 0.352. The van der Waals surface area contributed by atoms with Crippen molar-refractivity contribution in [2.45, 2.75) is 0 Å². The van der Waals surface area contributed by atoms with E-state index >= 15 is 0 Å². The molecular formula is C3H6ClNSe. The van der Waals surface area contributed by atoms with E-state index in [1.807, 2.05) is 14.1 Å². The minimum absolute atomic E-state index is 0.690. The molecule has 0 aliphatic carbocycles. The summed E-state index contributed by atoms with van der Waals surface area (Å²) in [5, 5.41) is 0. The minimum atomic E-state index is 0.690. The van der Waals surface area contributed by atoms with Crippen molar-refractivity contribution in [1.29, 1.82) is 0 Å². The molecule has 36 valence electrons. The summed E-state index contributed by atoms with van der Waals surface area (Å²) in [4.78, 5) is 1.79. The van der Waals surface area contributed by atoms with Gasteiger partial charge in [-0.1, -0.05) is 0 Å². The van der Waals surface area contributed by atoms with Gasteiger partial charge >= 0.3 is 50.2 Å². The molecule has 0 unspecified atom stereocenters. The van der Waals surface area contributed by atoms with Gasteiger partial charge in [0.05, 0.1) is 0 Å². The van der Waals surface area contributed by atoms with Gasteiger partial charge in [-0.05, 0) is 0 Å². The predicted octanol–water partition coefficient (Wildman–Crippen LogP) is 0.0427. The Morgan fingerprint density at radius 1 is 1.67 bits per heavy atom. The summed E-state index contributed by atoms with van der Waals surface area (Å²) in [6.07, 6.45) is 0. The molecule has 0 aliphatic rings. The van der Waals surface area contributed by atoms with Crippen molar-refractivity contribution >= 4 is 31.2 Å². The average Bonchev–Trinajstić information content (AvgIpc) is 1.36. The molecule has 0 amide bonds. The first-order chi connectivity index (χ1) is 2.64. The van der Waals surface area contributed by atoms with Crippen LogP contribution in [0.3, 0.4) is 0 Å². The second-order valence-corrected chi connectivity index (χ2v) is 2.82. The Hall–Kier alpha value is 0.479. The van der Waals surface area contributed by atoms with Gasteiger partial charge in [0, 0.05) is 0 Å². The summed E-state index contributed by atoms with van der Waals surface area (Å²) in [7, 11) is 3.75. The molecule has 0 aromatic heterocycles. The maximum atomic E-state index is 5.40. The van der Waals surface area contributed by atoms with E-state index in [4.69, 9.17) is 11.6 Å². The molecule has 3 heteroatoms. The van der Waals surface area contributed by atoms with Crippen LogP contribution >= 0.6 is 11.6 Å². The van der Waals surface area contributed by atoms with Crippen molar-refractivity contribution in [2.24, 2.45) is 0 Å². The van der Waals surface area contributed by atoms with Crippen molar-refractivity contribution in [2.75, 3.05) is 14.1 Å². The van der Waals surface area contributed by atoms with Crippen LogP contribution in [0.25, 0.3) is 0 Å². The molecule has 0 aromatic carbocycles. The molecule has 1 nitrogen and oxygen atoms in total. The van der Waals surface area contributed by atoms with E-state index in [0.717, 1.165) is 0 Å². The summed E-state index contributed by atoms with van der Waals surface area (Å²) >= 11 is 8.05. The Bertz CT molecular complexity index is 61.8. The quantitative estimate of drug-likeness (QED) is 0.397. The number of rotatable bonds is 1. The molecule has 0 bridgehead atoms. The van der Waals surface area contributed by atoms with Crippen molar-refractivity contribution in [3.63, 3.8) is 0 Å². The number of hydrogen-bond acceptors (Lipinski definition) is 1. The van der Waals surface area contributed by atoms with Crippen LogP contribution < -0.4 is 0 Å². The Morgan fingerprint density at radius 3 is 1.83 bits per heavy atom. The molecule has 0 aromatic rings. The topological polar surface area (TPSA) is 3.24 Å². The Balaban J connectivity index is 3.26. The zero-order chi connectivity index (χ0) is 5.15. The first-order valence-corrected chi connectivity index (χ1v) is 2.75. The van der Waals surface area contributed by atoms with Gasteiger partial charge in [-0.25, -0.2) is 0 Å². The SMILES string of the molecule is CN(C)C(Cl)=[Se]. The molecular weight excluding hydrogens is 164 g/mol. The molecule has 6 heavy (non-hydrogen) atoms. The summed E-state index contributed by atoms with van der Waals surface area (Å²) in [6.45, 7) is 0. The molecule has 0 N–H and O–H groups in total. The van der Waals surface area contributed by atoms with E-state index in [-0.39, 0.29) is 0 Å². The van der Waals surface area contributed by atoms with Crippen LogP contribution in [0.1, 0.15) is 0 Å². The van der Waals surface area contributed by atoms with Gasteiger partial charge < -0.3 is 0 Å². The summed E-state index contributed by atoms with van der Waals surface area (Å²) in [5.41, 5.74) is 0. The van der Waals surface area contributed by atoms with Crippen LogP contribution in [0, 0.1) is 0 Å². The fraction of sp³-hybridized carbons (Fsp3) is 0.667. The summed E-state index contributed by atoms with van der Waals surface area (Å²) in [5.74, 6) is 0. The summed E-state index contributed by atoms with van der Waals surface area (Å²) in [6, 6.07) is 0. The molecule has 0 saturated heterocycles. The van der Waals surface area contributed by atoms with Crippen molar-refractivity contribution in [3.05, 3.63) is 0 Å². The number of halogens is 1. The van der Waals surface area contributed by atoms with Crippen LogP contribution in [0.5, 0.6) is 0 Å². The van der Waals surface area contributed by atoms with Crippen molar-refractivity contribution < 1.29 is 0 Å². The zero-order valence-corrected chi connectivity index (χ0v) is 6.20. The second kappa shape index (κ2) is 2.62. The molecule has 0 saturated carbocycles. The van der Waals surface area contributed by atoms with E-state index in [2.05, 4.69) is 15.6 Å². The Morgan fingerprint density at radius 2 is 1.83 bits per heavy atom. The van der Waals surface area contributed by atoms with Gasteiger partial charge in [0.2, 0.25) is 0 Å². The fourth-order valence-electron chi connectivity index (χ4n) is 0. The summed E-state index contributed by atoms with van der Waals surface area (Å²) < 4.78 is 0.690. The van der Waals surface area contributed by atoms with Gasteiger partial charge in [0.1, 0.15) is 0 Å². The van der Waals surface area contributed by atoms with Gasteiger partial charge in [0.25, 0.3) is 0 Å². The predicted molar refractivity (Wildman–Crippen MR) is 30.3 cm³/mol. The Kier molecular flexibility index (Phi) is 2.83. The maximum absolute atomic E-state index is 5.40. The van der Waals surface area contributed by atoms with Crippen LogP contribution in [0.2, 0.25) is 0 Å². The third kappa shape index (κ3) is 2.70. The van der Waals surface area contributed by atoms with Gasteiger partial charge in [-0.15, -0.1) is 0 Å². The zero-order valence-electron chi connectivity index (χ0n) is 3.73. The van der Waals surface area contributed by atoms with Crippen LogP contribution in [0.15, 0.2) is 0 Å². The van der Waals surface area contributed by atoms with Crippen LogP contribution in [-0.4, -0.2) is 38.6 Å². The van der Waals surface area contributed by atoms with E-state index < -0.39 is 0 Å². The monoisotopic (exact) mass is 171 g/mol. The number of nitrogens with zero attached hydrogens (tertiary/aromatic N) is 1. The first kappa shape index (κ1) is 6.48.